The maximum atomic E-state index is 13.4. The summed E-state index contributed by atoms with van der Waals surface area (Å²) in [6, 6.07) is 13.7. The van der Waals surface area contributed by atoms with Crippen LogP contribution in [-0.4, -0.2) is 28.4 Å². The number of nitrogens with zero attached hydrogens (tertiary/aromatic N) is 2. The average Bonchev–Trinajstić information content (AvgIpc) is 3.11. The Morgan fingerprint density at radius 2 is 1.81 bits per heavy atom. The second-order valence-corrected chi connectivity index (χ2v) is 10.1. The number of carbonyl (C=O) groups excluding carboxylic acids is 2. The molecule has 36 heavy (non-hydrogen) atoms. The number of anilines is 1. The van der Waals surface area contributed by atoms with Crippen LogP contribution in [0.3, 0.4) is 0 Å². The predicted octanol–water partition coefficient (Wildman–Crippen LogP) is 6.02. The maximum Gasteiger partial charge on any atom is 0.300 e. The van der Waals surface area contributed by atoms with Crippen LogP contribution in [0.5, 0.6) is 5.75 Å². The highest BCUT2D eigenvalue weighted by molar-refractivity contribution is 6.51. The summed E-state index contributed by atoms with van der Waals surface area (Å²) < 4.78 is 5.81. The number of ketones is 1. The van der Waals surface area contributed by atoms with Gasteiger partial charge in [-0.2, -0.15) is 0 Å². The first-order valence-electron chi connectivity index (χ1n) is 12.1. The highest BCUT2D eigenvalue weighted by Crippen LogP contribution is 2.43. The first-order chi connectivity index (χ1) is 17.0. The molecule has 2 heterocycles. The van der Waals surface area contributed by atoms with E-state index in [-0.39, 0.29) is 16.7 Å². The van der Waals surface area contributed by atoms with Gasteiger partial charge in [0.1, 0.15) is 11.5 Å². The van der Waals surface area contributed by atoms with Crippen molar-refractivity contribution in [1.29, 1.82) is 0 Å². The van der Waals surface area contributed by atoms with Gasteiger partial charge >= 0.3 is 0 Å². The second-order valence-electron chi connectivity index (χ2n) is 10.1. The largest absolute Gasteiger partial charge is 0.507 e. The van der Waals surface area contributed by atoms with Gasteiger partial charge in [0.2, 0.25) is 0 Å². The lowest BCUT2D eigenvalue weighted by atomic mass is 9.84. The molecule has 4 rings (SSSR count). The fourth-order valence-corrected chi connectivity index (χ4v) is 4.53. The third-order valence-corrected chi connectivity index (χ3v) is 6.57. The molecular formula is C30H32N2O4. The van der Waals surface area contributed by atoms with Crippen LogP contribution in [0.15, 0.2) is 66.5 Å². The third kappa shape index (κ3) is 4.51. The summed E-state index contributed by atoms with van der Waals surface area (Å²) in [7, 11) is 0. The Hall–Kier alpha value is -3.93. The van der Waals surface area contributed by atoms with Gasteiger partial charge in [0.15, 0.2) is 0 Å². The summed E-state index contributed by atoms with van der Waals surface area (Å²) in [6.07, 6.45) is 3.25. The molecule has 1 unspecified atom stereocenters. The van der Waals surface area contributed by atoms with Crippen molar-refractivity contribution in [2.45, 2.75) is 53.0 Å². The minimum Gasteiger partial charge on any atom is -0.507 e. The number of benzene rings is 2. The Labute approximate surface area is 212 Å². The van der Waals surface area contributed by atoms with E-state index in [1.54, 1.807) is 30.6 Å². The number of aromatic nitrogens is 1. The maximum absolute atomic E-state index is 13.4. The lowest BCUT2D eigenvalue weighted by Crippen LogP contribution is -2.29. The zero-order chi connectivity index (χ0) is 26.2. The van der Waals surface area contributed by atoms with Crippen LogP contribution in [0.2, 0.25) is 0 Å². The third-order valence-electron chi connectivity index (χ3n) is 6.57. The first-order valence-corrected chi connectivity index (χ1v) is 12.1. The van der Waals surface area contributed by atoms with Crippen LogP contribution in [0.25, 0.3) is 5.76 Å². The van der Waals surface area contributed by atoms with Crippen molar-refractivity contribution in [3.8, 4) is 5.75 Å². The molecule has 186 valence electrons. The van der Waals surface area contributed by atoms with Crippen LogP contribution in [-0.2, 0) is 15.0 Å². The Bertz CT molecular complexity index is 1350. The molecule has 1 saturated heterocycles. The van der Waals surface area contributed by atoms with Crippen molar-refractivity contribution in [1.82, 2.24) is 4.98 Å². The molecule has 0 saturated carbocycles. The minimum absolute atomic E-state index is 0.0373. The van der Waals surface area contributed by atoms with E-state index < -0.39 is 17.7 Å². The molecule has 1 fully saturated rings. The summed E-state index contributed by atoms with van der Waals surface area (Å²) >= 11 is 0. The molecule has 0 radical (unpaired) electrons. The lowest BCUT2D eigenvalue weighted by Gasteiger charge is -2.26. The smallest absolute Gasteiger partial charge is 0.300 e. The molecule has 0 spiro atoms. The summed E-state index contributed by atoms with van der Waals surface area (Å²) in [6.45, 7) is 12.6. The second kappa shape index (κ2) is 9.61. The van der Waals surface area contributed by atoms with Gasteiger partial charge in [-0.25, -0.2) is 0 Å². The van der Waals surface area contributed by atoms with Crippen molar-refractivity contribution in [2.24, 2.45) is 0 Å². The normalized spacial score (nSPS) is 17.5. The van der Waals surface area contributed by atoms with Gasteiger partial charge in [-0.1, -0.05) is 32.9 Å². The number of pyridine rings is 1. The number of aliphatic hydroxyl groups is 1. The molecule has 0 bridgehead atoms. The Morgan fingerprint density at radius 1 is 1.06 bits per heavy atom. The van der Waals surface area contributed by atoms with Crippen LogP contribution >= 0.6 is 0 Å². The van der Waals surface area contributed by atoms with E-state index in [0.717, 1.165) is 22.4 Å². The number of amides is 1. The molecule has 3 aromatic rings. The molecule has 1 aliphatic rings. The number of rotatable bonds is 5. The van der Waals surface area contributed by atoms with Crippen molar-refractivity contribution in [3.63, 3.8) is 0 Å². The zero-order valence-electron chi connectivity index (χ0n) is 21.6. The summed E-state index contributed by atoms with van der Waals surface area (Å²) in [5.74, 6) is -0.913. The molecular weight excluding hydrogens is 452 g/mol. The van der Waals surface area contributed by atoms with Crippen LogP contribution in [0, 0.1) is 13.8 Å². The lowest BCUT2D eigenvalue weighted by molar-refractivity contribution is -0.132. The van der Waals surface area contributed by atoms with Gasteiger partial charge in [-0.3, -0.25) is 19.5 Å². The fraction of sp³-hybridized carbons (Fsp3) is 0.300. The highest BCUT2D eigenvalue weighted by atomic mass is 16.5. The molecule has 6 nitrogen and oxygen atoms in total. The van der Waals surface area contributed by atoms with E-state index in [9.17, 15) is 14.7 Å². The minimum atomic E-state index is -0.814. The molecule has 1 atom stereocenters. The van der Waals surface area contributed by atoms with Gasteiger partial charge in [0.25, 0.3) is 11.7 Å². The standard InChI is InChI=1S/C30H32N2O4/c1-7-36-24-13-11-20(16-23(24)30(4,5)6)27(33)25-26(21-9-8-14-31-17-21)32(29(35)28(25)34)22-12-10-18(2)19(3)15-22/h8-17,26,33H,7H2,1-6H3/b27-25-. The molecule has 2 aromatic carbocycles. The zero-order valence-corrected chi connectivity index (χ0v) is 21.6. The van der Waals surface area contributed by atoms with Gasteiger partial charge in [0, 0.05) is 29.2 Å². The molecule has 1 aromatic heterocycles. The molecule has 1 amide bonds. The van der Waals surface area contributed by atoms with Crippen molar-refractivity contribution in [3.05, 3.63) is 94.3 Å². The van der Waals surface area contributed by atoms with Gasteiger partial charge in [0.05, 0.1) is 18.2 Å². The monoisotopic (exact) mass is 484 g/mol. The summed E-state index contributed by atoms with van der Waals surface area (Å²) in [5, 5.41) is 11.5. The summed E-state index contributed by atoms with van der Waals surface area (Å²) in [5.41, 5.74) is 4.43. The Morgan fingerprint density at radius 3 is 2.42 bits per heavy atom. The highest BCUT2D eigenvalue weighted by Gasteiger charge is 2.47. The number of Topliss-reactive ketones (excluding diaryl/α,β-unsaturated/α-hetero) is 1. The van der Waals surface area contributed by atoms with E-state index in [1.807, 2.05) is 51.1 Å². The number of carbonyl (C=O) groups is 2. The first kappa shape index (κ1) is 25.2. The number of hydrogen-bond acceptors (Lipinski definition) is 5. The quantitative estimate of drug-likeness (QED) is 0.272. The number of hydrogen-bond donors (Lipinski definition) is 1. The molecule has 6 heteroatoms. The SMILES string of the molecule is CCOc1ccc(/C(O)=C2/C(=O)C(=O)N(c3ccc(C)c(C)c3)C2c2cccnc2)cc1C(C)(C)C. The number of aliphatic hydroxyl groups excluding tert-OH is 1. The number of ether oxygens (including phenoxy) is 1. The molecule has 0 aliphatic carbocycles. The summed E-state index contributed by atoms with van der Waals surface area (Å²) in [4.78, 5) is 32.5. The van der Waals surface area contributed by atoms with Crippen LogP contribution < -0.4 is 9.64 Å². The van der Waals surface area contributed by atoms with Crippen LogP contribution in [0.4, 0.5) is 5.69 Å². The van der Waals surface area contributed by atoms with Crippen molar-refractivity contribution < 1.29 is 19.4 Å². The fourth-order valence-electron chi connectivity index (χ4n) is 4.53. The van der Waals surface area contributed by atoms with E-state index in [4.69, 9.17) is 4.74 Å². The molecule has 1 aliphatic heterocycles. The Balaban J connectivity index is 1.94. The van der Waals surface area contributed by atoms with Crippen molar-refractivity contribution >= 4 is 23.1 Å². The van der Waals surface area contributed by atoms with E-state index in [1.165, 1.54) is 4.90 Å². The molecule has 1 N–H and O–H groups in total. The van der Waals surface area contributed by atoms with E-state index in [2.05, 4.69) is 25.8 Å². The van der Waals surface area contributed by atoms with E-state index >= 15 is 0 Å². The van der Waals surface area contributed by atoms with E-state index in [0.29, 0.717) is 23.4 Å². The van der Waals surface area contributed by atoms with Gasteiger partial charge in [-0.15, -0.1) is 0 Å². The number of aryl methyl sites for hydroxylation is 2. The Kier molecular flexibility index (Phi) is 6.72. The van der Waals surface area contributed by atoms with Gasteiger partial charge in [-0.05, 0) is 79.3 Å². The van der Waals surface area contributed by atoms with Crippen LogP contribution in [0.1, 0.15) is 61.6 Å². The topological polar surface area (TPSA) is 79.7 Å². The average molecular weight is 485 g/mol. The van der Waals surface area contributed by atoms with Crippen molar-refractivity contribution in [2.75, 3.05) is 11.5 Å². The predicted molar refractivity (Wildman–Crippen MR) is 141 cm³/mol. The van der Waals surface area contributed by atoms with Gasteiger partial charge < -0.3 is 9.84 Å².